The molecule has 1 aliphatic rings. The van der Waals surface area contributed by atoms with Crippen molar-refractivity contribution in [1.82, 2.24) is 9.80 Å². The number of carbonyl (C=O) groups is 2. The molecule has 3 aromatic rings. The van der Waals surface area contributed by atoms with Gasteiger partial charge in [-0.15, -0.1) is 24.8 Å². The lowest BCUT2D eigenvalue weighted by Crippen LogP contribution is -2.25. The lowest BCUT2D eigenvalue weighted by Gasteiger charge is -2.23. The molecule has 40 heavy (non-hydrogen) atoms. The van der Waals surface area contributed by atoms with Crippen molar-refractivity contribution in [3.05, 3.63) is 58.7 Å². The van der Waals surface area contributed by atoms with Crippen molar-refractivity contribution in [2.45, 2.75) is 53.4 Å². The van der Waals surface area contributed by atoms with Crippen molar-refractivity contribution in [3.8, 4) is 22.3 Å². The molecule has 0 radical (unpaired) electrons. The molecular formula is C32H42Cl2N2O4. The minimum Gasteiger partial charge on any atom is -0.478 e. The summed E-state index contributed by atoms with van der Waals surface area (Å²) < 4.78 is 0. The highest BCUT2D eigenvalue weighted by atomic mass is 35.5. The van der Waals surface area contributed by atoms with Crippen LogP contribution in [-0.2, 0) is 12.8 Å². The molecule has 2 N–H and O–H groups in total. The van der Waals surface area contributed by atoms with Crippen LogP contribution < -0.4 is 0 Å². The van der Waals surface area contributed by atoms with Gasteiger partial charge < -0.3 is 20.0 Å². The highest BCUT2D eigenvalue weighted by Crippen LogP contribution is 2.51. The molecule has 218 valence electrons. The molecule has 0 spiro atoms. The molecule has 4 rings (SSSR count). The monoisotopic (exact) mass is 588 g/mol. The fraction of sp³-hybridized carbons (Fsp3) is 0.438. The van der Waals surface area contributed by atoms with Gasteiger partial charge in [0.25, 0.3) is 0 Å². The van der Waals surface area contributed by atoms with Crippen molar-refractivity contribution >= 4 is 47.5 Å². The topological polar surface area (TPSA) is 81.1 Å². The molecule has 1 aliphatic carbocycles. The Bertz CT molecular complexity index is 1350. The van der Waals surface area contributed by atoms with E-state index >= 15 is 0 Å². The summed E-state index contributed by atoms with van der Waals surface area (Å²) in [5.74, 6) is -1.84. The molecule has 0 amide bonds. The Hall–Kier alpha value is -2.64. The maximum Gasteiger partial charge on any atom is 0.336 e. The van der Waals surface area contributed by atoms with Crippen molar-refractivity contribution < 1.29 is 19.8 Å². The number of hydrogen-bond donors (Lipinski definition) is 2. The summed E-state index contributed by atoms with van der Waals surface area (Å²) in [6, 6.07) is 11.2. The summed E-state index contributed by atoms with van der Waals surface area (Å²) in [5, 5.41) is 22.0. The van der Waals surface area contributed by atoms with Crippen molar-refractivity contribution in [3.63, 3.8) is 0 Å². The van der Waals surface area contributed by atoms with E-state index in [9.17, 15) is 19.8 Å². The van der Waals surface area contributed by atoms with E-state index in [1.165, 1.54) is 0 Å². The van der Waals surface area contributed by atoms with Crippen LogP contribution in [0.1, 0.15) is 72.4 Å². The molecule has 0 bridgehead atoms. The largest absolute Gasteiger partial charge is 0.478 e. The van der Waals surface area contributed by atoms with Gasteiger partial charge in [-0.1, -0.05) is 52.0 Å². The first-order valence-electron chi connectivity index (χ1n) is 14.0. The Morgan fingerprint density at radius 3 is 1.80 bits per heavy atom. The number of hydrogen-bond acceptors (Lipinski definition) is 4. The summed E-state index contributed by atoms with van der Waals surface area (Å²) in [7, 11) is 0. The number of fused-ring (bicyclic) bond motifs is 3. The Kier molecular flexibility index (Phi) is 12.4. The highest BCUT2D eigenvalue weighted by Gasteiger charge is 2.31. The van der Waals surface area contributed by atoms with Crippen LogP contribution in [0.3, 0.4) is 0 Å². The molecule has 0 aliphatic heterocycles. The van der Waals surface area contributed by atoms with Crippen LogP contribution in [-0.4, -0.2) is 71.2 Å². The number of carboxylic acid groups (broad SMARTS) is 2. The van der Waals surface area contributed by atoms with Gasteiger partial charge in [0, 0.05) is 0 Å². The van der Waals surface area contributed by atoms with Crippen LogP contribution in [0, 0.1) is 0 Å². The third-order valence-corrected chi connectivity index (χ3v) is 8.18. The van der Waals surface area contributed by atoms with Gasteiger partial charge >= 0.3 is 11.9 Å². The van der Waals surface area contributed by atoms with E-state index in [0.29, 0.717) is 12.0 Å². The molecule has 0 aromatic heterocycles. The summed E-state index contributed by atoms with van der Waals surface area (Å²) in [5.41, 5.74) is 6.59. The quantitative estimate of drug-likeness (QED) is 0.161. The fourth-order valence-electron chi connectivity index (χ4n) is 6.12. The number of carboxylic acids is 2. The zero-order valence-corrected chi connectivity index (χ0v) is 25.6. The number of aromatic carboxylic acids is 2. The molecular weight excluding hydrogens is 547 g/mol. The van der Waals surface area contributed by atoms with Crippen LogP contribution in [0.4, 0.5) is 0 Å². The minimum absolute atomic E-state index is 0. The molecule has 0 heterocycles. The Labute approximate surface area is 250 Å². The van der Waals surface area contributed by atoms with Gasteiger partial charge in [0.1, 0.15) is 0 Å². The van der Waals surface area contributed by atoms with E-state index in [1.54, 1.807) is 12.1 Å². The third kappa shape index (κ3) is 6.46. The molecule has 0 unspecified atom stereocenters. The van der Waals surface area contributed by atoms with Crippen LogP contribution in [0.2, 0.25) is 0 Å². The molecule has 0 fully saturated rings. The second-order valence-corrected chi connectivity index (χ2v) is 10.1. The summed E-state index contributed by atoms with van der Waals surface area (Å²) in [4.78, 5) is 29.5. The van der Waals surface area contributed by atoms with Gasteiger partial charge in [-0.2, -0.15) is 0 Å². The zero-order chi connectivity index (χ0) is 27.4. The first kappa shape index (κ1) is 33.6. The van der Waals surface area contributed by atoms with Crippen molar-refractivity contribution in [2.75, 3.05) is 39.3 Å². The first-order chi connectivity index (χ1) is 18.4. The lowest BCUT2D eigenvalue weighted by atomic mass is 9.84. The SMILES string of the molecule is CCN(CC)CCCc1c(CCCN(CC)CC)c2c3c(cccc3c1C(=O)O)-c1ccc(C(=O)O)cc1-2.Cl.Cl. The minimum atomic E-state index is -0.954. The highest BCUT2D eigenvalue weighted by molar-refractivity contribution is 6.21. The zero-order valence-electron chi connectivity index (χ0n) is 24.0. The van der Waals surface area contributed by atoms with Gasteiger partial charge in [0.2, 0.25) is 0 Å². The second kappa shape index (κ2) is 14.8. The van der Waals surface area contributed by atoms with Gasteiger partial charge in [-0.3, -0.25) is 0 Å². The van der Waals surface area contributed by atoms with Crippen molar-refractivity contribution in [1.29, 1.82) is 0 Å². The fourth-order valence-corrected chi connectivity index (χ4v) is 6.12. The van der Waals surface area contributed by atoms with Gasteiger partial charge in [0.15, 0.2) is 0 Å². The predicted molar refractivity (Wildman–Crippen MR) is 169 cm³/mol. The smallest absolute Gasteiger partial charge is 0.336 e. The Balaban J connectivity index is 0.00000280. The average Bonchev–Trinajstić information content (AvgIpc) is 3.25. The number of nitrogens with zero attached hydrogens (tertiary/aromatic N) is 2. The molecule has 0 saturated heterocycles. The molecule has 0 atom stereocenters. The number of benzene rings is 3. The van der Waals surface area contributed by atoms with Gasteiger partial charge in [-0.05, 0) is 121 Å². The summed E-state index contributed by atoms with van der Waals surface area (Å²) >= 11 is 0. The van der Waals surface area contributed by atoms with Crippen LogP contribution in [0.25, 0.3) is 33.0 Å². The lowest BCUT2D eigenvalue weighted by molar-refractivity contribution is 0.0686. The predicted octanol–water partition coefficient (Wildman–Crippen LogP) is 7.28. The van der Waals surface area contributed by atoms with E-state index < -0.39 is 11.9 Å². The maximum atomic E-state index is 12.8. The second-order valence-electron chi connectivity index (χ2n) is 10.1. The standard InChI is InChI=1S/C32H40N2O4.2ClH/c1-5-33(6-2)18-10-14-24-25(15-11-19-34(7-3)8-4)30(32(37)38)26-13-9-12-23-22-17-16-21(31(35)36)20-27(22)29(24)28(23)26;;/h9,12-13,16-17,20H,5-8,10-11,14-15,18-19H2,1-4H3,(H,35,36)(H,37,38);2*1H. The molecule has 8 heteroatoms. The third-order valence-electron chi connectivity index (χ3n) is 8.18. The molecule has 3 aromatic carbocycles. The molecule has 6 nitrogen and oxygen atoms in total. The maximum absolute atomic E-state index is 12.8. The van der Waals surface area contributed by atoms with E-state index in [4.69, 9.17) is 0 Å². The normalized spacial score (nSPS) is 11.4. The van der Waals surface area contributed by atoms with Gasteiger partial charge in [0.05, 0.1) is 11.1 Å². The van der Waals surface area contributed by atoms with E-state index in [1.807, 2.05) is 24.3 Å². The van der Waals surface area contributed by atoms with Crippen LogP contribution >= 0.6 is 24.8 Å². The van der Waals surface area contributed by atoms with E-state index in [2.05, 4.69) is 37.5 Å². The first-order valence-corrected chi connectivity index (χ1v) is 14.0. The van der Waals surface area contributed by atoms with Crippen molar-refractivity contribution in [2.24, 2.45) is 0 Å². The molecule has 0 saturated carbocycles. The average molecular weight is 590 g/mol. The Morgan fingerprint density at radius 2 is 1.27 bits per heavy atom. The summed E-state index contributed by atoms with van der Waals surface area (Å²) in [6.07, 6.45) is 3.23. The van der Waals surface area contributed by atoms with Gasteiger partial charge in [-0.25, -0.2) is 9.59 Å². The van der Waals surface area contributed by atoms with E-state index in [-0.39, 0.29) is 30.4 Å². The van der Waals surface area contributed by atoms with Crippen LogP contribution in [0.5, 0.6) is 0 Å². The summed E-state index contributed by atoms with van der Waals surface area (Å²) in [6.45, 7) is 14.4. The Morgan fingerprint density at radius 1 is 0.700 bits per heavy atom. The van der Waals surface area contributed by atoms with Crippen LogP contribution in [0.15, 0.2) is 36.4 Å². The number of rotatable bonds is 14. The number of halogens is 2. The van der Waals surface area contributed by atoms with E-state index in [0.717, 1.165) is 103 Å².